The van der Waals surface area contributed by atoms with E-state index in [1.165, 1.54) is 44.9 Å². The van der Waals surface area contributed by atoms with Gasteiger partial charge >= 0.3 is 35.4 Å². The van der Waals surface area contributed by atoms with Crippen LogP contribution in [0.15, 0.2) is 0 Å². The van der Waals surface area contributed by atoms with Crippen molar-refractivity contribution in [2.75, 3.05) is 13.2 Å². The van der Waals surface area contributed by atoms with E-state index in [4.69, 9.17) is 34.7 Å². The minimum atomic E-state index is -5.62. The molecule has 1 aliphatic rings. The standard InChI is InChI=1S/C36H51O19P3/c1-3-5-7-9-11-13-14-15-16-17-19-21-23-25-30(38)52-28(26-50-29(37)24-22-20-18-12-10-8-6-4-2)27-51-58(48,49)55-34-31(39)32(40)35(53-56(42,43)44)36(33(34)41)54-57(45,46)47/h2,28,31-36,39-41H,3,5,7,9,11,13-17,19,21,23,25-27H2,1H3,(H,48,49)(H2,42,43,44)(H2,45,46,47)/t28-,31-,32?,33?,34?,35?,36?/m0/s1. The Morgan fingerprint density at radius 3 is 1.55 bits per heavy atom. The monoisotopic (exact) mass is 880 g/mol. The number of carbonyl (C=O) groups is 2. The highest BCUT2D eigenvalue weighted by molar-refractivity contribution is 7.47. The average molecular weight is 881 g/mol. The Balaban J connectivity index is 2.92. The van der Waals surface area contributed by atoms with E-state index in [-0.39, 0.29) is 6.42 Å². The van der Waals surface area contributed by atoms with Gasteiger partial charge in [0.15, 0.2) is 6.10 Å². The Bertz CT molecular complexity index is 1740. The summed E-state index contributed by atoms with van der Waals surface area (Å²) in [5.74, 6) is 17.9. The third-order valence-corrected chi connectivity index (χ3v) is 10.0. The molecule has 8 atom stereocenters. The SMILES string of the molecule is C#CC#CC#CC#CC#CC(=O)OC[C@@H](COP(=O)(O)OC1C(O)C(OP(=O)(O)O)C(OP(=O)(O)O)C(O)[C@@H]1O)OC(=O)CCCCCCCCCCCCCCC. The molecule has 19 nitrogen and oxygen atoms in total. The molecular formula is C36H51O19P3. The predicted octanol–water partition coefficient (Wildman–Crippen LogP) is 2.12. The maximum absolute atomic E-state index is 12.9. The van der Waals surface area contributed by atoms with Crippen LogP contribution in [0, 0.1) is 59.7 Å². The molecule has 0 heterocycles. The topological polar surface area (TPSA) is 303 Å². The molecule has 22 heteroatoms. The number of esters is 2. The van der Waals surface area contributed by atoms with E-state index in [1.54, 1.807) is 0 Å². The van der Waals surface area contributed by atoms with E-state index >= 15 is 0 Å². The molecule has 0 aromatic carbocycles. The second-order valence-electron chi connectivity index (χ2n) is 12.8. The molecule has 0 aliphatic heterocycles. The third-order valence-electron chi connectivity index (χ3n) is 8.01. The number of hydrogen-bond acceptors (Lipinski definition) is 14. The zero-order chi connectivity index (χ0) is 43.6. The van der Waals surface area contributed by atoms with Crippen molar-refractivity contribution in [2.45, 2.75) is 140 Å². The Labute approximate surface area is 338 Å². The van der Waals surface area contributed by atoms with Crippen LogP contribution in [-0.2, 0) is 50.9 Å². The Kier molecular flexibility index (Phi) is 26.0. The van der Waals surface area contributed by atoms with Crippen LogP contribution in [0.3, 0.4) is 0 Å². The Morgan fingerprint density at radius 1 is 0.603 bits per heavy atom. The molecule has 8 N–H and O–H groups in total. The van der Waals surface area contributed by atoms with Gasteiger partial charge in [-0.15, -0.1) is 6.42 Å². The number of aliphatic hydroxyl groups is 3. The third kappa shape index (κ3) is 24.8. The van der Waals surface area contributed by atoms with Crippen molar-refractivity contribution in [1.82, 2.24) is 0 Å². The molecule has 1 fully saturated rings. The van der Waals surface area contributed by atoms with Crippen LogP contribution in [0.4, 0.5) is 0 Å². The zero-order valence-corrected chi connectivity index (χ0v) is 34.5. The highest BCUT2D eigenvalue weighted by Gasteiger charge is 2.56. The molecule has 324 valence electrons. The quantitative estimate of drug-likeness (QED) is 0.0203. The van der Waals surface area contributed by atoms with Crippen molar-refractivity contribution >= 4 is 35.4 Å². The van der Waals surface area contributed by atoms with Gasteiger partial charge < -0.3 is 49.3 Å². The number of aliphatic hydroxyl groups excluding tert-OH is 3. The molecule has 0 aromatic rings. The van der Waals surface area contributed by atoms with E-state index in [0.29, 0.717) is 12.8 Å². The van der Waals surface area contributed by atoms with Gasteiger partial charge in [-0.1, -0.05) is 84.0 Å². The van der Waals surface area contributed by atoms with Crippen molar-refractivity contribution in [3.63, 3.8) is 0 Å². The largest absolute Gasteiger partial charge is 0.472 e. The summed E-state index contributed by atoms with van der Waals surface area (Å²) in [7, 11) is -16.7. The average Bonchev–Trinajstić information content (AvgIpc) is 3.14. The molecule has 0 saturated heterocycles. The lowest BCUT2D eigenvalue weighted by Crippen LogP contribution is -2.65. The predicted molar refractivity (Wildman–Crippen MR) is 204 cm³/mol. The van der Waals surface area contributed by atoms with Crippen molar-refractivity contribution in [3.05, 3.63) is 0 Å². The molecule has 58 heavy (non-hydrogen) atoms. The maximum Gasteiger partial charge on any atom is 0.472 e. The number of hydrogen-bond donors (Lipinski definition) is 8. The molecule has 1 rings (SSSR count). The zero-order valence-electron chi connectivity index (χ0n) is 31.8. The molecular weight excluding hydrogens is 829 g/mol. The summed E-state index contributed by atoms with van der Waals surface area (Å²) in [6.07, 6.45) is 2.00. The van der Waals surface area contributed by atoms with Gasteiger partial charge in [0.05, 0.1) is 6.61 Å². The first-order valence-corrected chi connectivity index (χ1v) is 22.9. The molecule has 0 bridgehead atoms. The molecule has 1 saturated carbocycles. The lowest BCUT2D eigenvalue weighted by molar-refractivity contribution is -0.213. The minimum absolute atomic E-state index is 0.0746. The molecule has 0 amide bonds. The summed E-state index contributed by atoms with van der Waals surface area (Å²) in [6, 6.07) is 0. The summed E-state index contributed by atoms with van der Waals surface area (Å²) in [5.41, 5.74) is 0. The number of rotatable bonds is 26. The van der Waals surface area contributed by atoms with Crippen LogP contribution < -0.4 is 0 Å². The van der Waals surface area contributed by atoms with Crippen LogP contribution in [0.5, 0.6) is 0 Å². The summed E-state index contributed by atoms with van der Waals surface area (Å²) >= 11 is 0. The summed E-state index contributed by atoms with van der Waals surface area (Å²) in [4.78, 5) is 72.1. The molecule has 0 radical (unpaired) electrons. The number of phosphoric acid groups is 3. The van der Waals surface area contributed by atoms with Crippen LogP contribution in [0.25, 0.3) is 0 Å². The van der Waals surface area contributed by atoms with E-state index in [9.17, 15) is 53.3 Å². The molecule has 6 unspecified atom stereocenters. The Hall–Kier alpha value is -3.05. The van der Waals surface area contributed by atoms with E-state index in [2.05, 4.69) is 57.4 Å². The van der Waals surface area contributed by atoms with Gasteiger partial charge in [0, 0.05) is 12.3 Å². The van der Waals surface area contributed by atoms with Crippen LogP contribution in [0.1, 0.15) is 96.8 Å². The van der Waals surface area contributed by atoms with Gasteiger partial charge in [-0.25, -0.2) is 18.5 Å². The van der Waals surface area contributed by atoms with Gasteiger partial charge in [0.2, 0.25) is 0 Å². The highest BCUT2D eigenvalue weighted by Crippen LogP contribution is 2.51. The maximum atomic E-state index is 12.9. The number of unbranched alkanes of at least 4 members (excludes halogenated alkanes) is 12. The van der Waals surface area contributed by atoms with Crippen molar-refractivity contribution in [3.8, 4) is 59.7 Å². The van der Waals surface area contributed by atoms with Crippen molar-refractivity contribution in [2.24, 2.45) is 0 Å². The number of carbonyl (C=O) groups excluding carboxylic acids is 2. The molecule has 0 aromatic heterocycles. The van der Waals surface area contributed by atoms with Crippen LogP contribution in [-0.4, -0.2) is 108 Å². The lowest BCUT2D eigenvalue weighted by Gasteiger charge is -2.44. The van der Waals surface area contributed by atoms with Gasteiger partial charge in [-0.05, 0) is 53.8 Å². The van der Waals surface area contributed by atoms with E-state index < -0.39 is 91.3 Å². The number of ether oxygens (including phenoxy) is 2. The number of phosphoric ester groups is 3. The molecule has 0 spiro atoms. The van der Waals surface area contributed by atoms with Crippen LogP contribution >= 0.6 is 23.5 Å². The van der Waals surface area contributed by atoms with Crippen LogP contribution in [0.2, 0.25) is 0 Å². The van der Waals surface area contributed by atoms with Crippen molar-refractivity contribution in [1.29, 1.82) is 0 Å². The van der Waals surface area contributed by atoms with Gasteiger partial charge in [-0.3, -0.25) is 22.9 Å². The fourth-order valence-corrected chi connectivity index (χ4v) is 7.44. The number of terminal acetylenes is 1. The first kappa shape index (κ1) is 53.0. The summed E-state index contributed by atoms with van der Waals surface area (Å²) in [5, 5.41) is 31.6. The molecule has 1 aliphatic carbocycles. The van der Waals surface area contributed by atoms with E-state index in [0.717, 1.165) is 25.7 Å². The Morgan fingerprint density at radius 2 is 1.05 bits per heavy atom. The highest BCUT2D eigenvalue weighted by atomic mass is 31.2. The van der Waals surface area contributed by atoms with Gasteiger partial charge in [-0.2, -0.15) is 0 Å². The van der Waals surface area contributed by atoms with Gasteiger partial charge in [0.25, 0.3) is 0 Å². The van der Waals surface area contributed by atoms with E-state index in [1.807, 2.05) is 11.8 Å². The minimum Gasteiger partial charge on any atom is -0.456 e. The first-order chi connectivity index (χ1) is 27.3. The normalized spacial score (nSPS) is 21.7. The second-order valence-corrected chi connectivity index (χ2v) is 16.6. The first-order valence-electron chi connectivity index (χ1n) is 18.3. The lowest BCUT2D eigenvalue weighted by atomic mass is 9.85. The van der Waals surface area contributed by atoms with Gasteiger partial charge in [0.1, 0.15) is 43.2 Å². The summed E-state index contributed by atoms with van der Waals surface area (Å²) < 4.78 is 64.3. The van der Waals surface area contributed by atoms with Crippen molar-refractivity contribution < 1.29 is 90.6 Å². The second kappa shape index (κ2) is 28.4. The smallest absolute Gasteiger partial charge is 0.456 e. The fraction of sp³-hybridized carbons (Fsp3) is 0.667. The summed E-state index contributed by atoms with van der Waals surface area (Å²) in [6.45, 7) is 0.379. The fourth-order valence-electron chi connectivity index (χ4n) is 5.34.